The number of hydrogen-bond acceptors (Lipinski definition) is 3. The third-order valence-electron chi connectivity index (χ3n) is 4.29. The van der Waals surface area contributed by atoms with Crippen LogP contribution in [0.1, 0.15) is 21.7 Å². The Labute approximate surface area is 158 Å². The average molecular weight is 377 g/mol. The maximum absolute atomic E-state index is 13.5. The fourth-order valence-electron chi connectivity index (χ4n) is 2.92. The summed E-state index contributed by atoms with van der Waals surface area (Å²) in [6, 6.07) is 14.2. The Hall–Kier alpha value is -2.37. The number of amides is 1. The van der Waals surface area contributed by atoms with E-state index in [9.17, 15) is 9.18 Å². The van der Waals surface area contributed by atoms with Gasteiger partial charge in [-0.1, -0.05) is 30.3 Å². The normalized spacial score (nSPS) is 10.6. The largest absolute Gasteiger partial charge is 0.451 e. The summed E-state index contributed by atoms with van der Waals surface area (Å²) in [5, 5.41) is 0.624. The van der Waals surface area contributed by atoms with Crippen LogP contribution >= 0.6 is 12.4 Å². The van der Waals surface area contributed by atoms with E-state index in [1.54, 1.807) is 17.9 Å². The molecule has 0 radical (unpaired) electrons. The number of halogens is 2. The Morgan fingerprint density at radius 1 is 1.15 bits per heavy atom. The molecule has 1 heterocycles. The Balaban J connectivity index is 0.00000243. The number of rotatable bonds is 6. The van der Waals surface area contributed by atoms with Gasteiger partial charge in [0.15, 0.2) is 5.76 Å². The Bertz CT molecular complexity index is 880. The third-order valence-corrected chi connectivity index (χ3v) is 4.29. The van der Waals surface area contributed by atoms with Gasteiger partial charge in [-0.15, -0.1) is 12.4 Å². The molecule has 0 atom stereocenters. The molecule has 0 saturated heterocycles. The van der Waals surface area contributed by atoms with E-state index in [1.807, 2.05) is 30.3 Å². The van der Waals surface area contributed by atoms with Crippen molar-refractivity contribution in [2.24, 2.45) is 5.73 Å². The molecular formula is C20H22ClFN2O2. The van der Waals surface area contributed by atoms with Crippen LogP contribution < -0.4 is 5.73 Å². The van der Waals surface area contributed by atoms with Gasteiger partial charge in [-0.25, -0.2) is 4.39 Å². The van der Waals surface area contributed by atoms with Gasteiger partial charge in [0.1, 0.15) is 11.4 Å². The van der Waals surface area contributed by atoms with Gasteiger partial charge in [-0.2, -0.15) is 0 Å². The highest BCUT2D eigenvalue weighted by Gasteiger charge is 2.23. The number of aryl methyl sites for hydroxylation is 1. The average Bonchev–Trinajstić information content (AvgIpc) is 2.95. The van der Waals surface area contributed by atoms with Gasteiger partial charge in [0.05, 0.1) is 0 Å². The van der Waals surface area contributed by atoms with Crippen molar-refractivity contribution in [3.05, 3.63) is 71.2 Å². The van der Waals surface area contributed by atoms with Crippen LogP contribution in [0.3, 0.4) is 0 Å². The van der Waals surface area contributed by atoms with Gasteiger partial charge in [0, 0.05) is 30.6 Å². The first kappa shape index (κ1) is 19.9. The summed E-state index contributed by atoms with van der Waals surface area (Å²) in [4.78, 5) is 14.6. The van der Waals surface area contributed by atoms with E-state index in [2.05, 4.69) is 0 Å². The minimum Gasteiger partial charge on any atom is -0.451 e. The highest BCUT2D eigenvalue weighted by atomic mass is 35.5. The molecular weight excluding hydrogens is 355 g/mol. The van der Waals surface area contributed by atoms with Gasteiger partial charge in [0.2, 0.25) is 0 Å². The summed E-state index contributed by atoms with van der Waals surface area (Å²) in [7, 11) is 0. The van der Waals surface area contributed by atoms with Gasteiger partial charge in [-0.05, 0) is 37.1 Å². The summed E-state index contributed by atoms with van der Waals surface area (Å²) in [6.45, 7) is 3.13. The number of nitrogens with two attached hydrogens (primary N) is 1. The number of furan rings is 1. The first-order valence-corrected chi connectivity index (χ1v) is 8.32. The molecule has 1 aromatic heterocycles. The van der Waals surface area contributed by atoms with E-state index < -0.39 is 0 Å². The van der Waals surface area contributed by atoms with Crippen LogP contribution in [0.4, 0.5) is 4.39 Å². The second-order valence-corrected chi connectivity index (χ2v) is 6.01. The number of hydrogen-bond donors (Lipinski definition) is 1. The molecule has 0 aliphatic heterocycles. The molecule has 0 spiro atoms. The van der Waals surface area contributed by atoms with Crippen molar-refractivity contribution >= 4 is 29.3 Å². The lowest BCUT2D eigenvalue weighted by Crippen LogP contribution is -2.37. The Kier molecular flexibility index (Phi) is 6.77. The molecule has 0 unspecified atom stereocenters. The molecule has 0 fully saturated rings. The van der Waals surface area contributed by atoms with Crippen molar-refractivity contribution in [3.8, 4) is 0 Å². The van der Waals surface area contributed by atoms with Crippen LogP contribution in [0.2, 0.25) is 0 Å². The smallest absolute Gasteiger partial charge is 0.289 e. The van der Waals surface area contributed by atoms with Gasteiger partial charge >= 0.3 is 0 Å². The van der Waals surface area contributed by atoms with Crippen molar-refractivity contribution < 1.29 is 13.6 Å². The first-order chi connectivity index (χ1) is 12.1. The summed E-state index contributed by atoms with van der Waals surface area (Å²) in [5.74, 6) is -0.309. The van der Waals surface area contributed by atoms with E-state index in [4.69, 9.17) is 10.2 Å². The minimum atomic E-state index is -0.349. The molecule has 6 heteroatoms. The second kappa shape index (κ2) is 8.83. The van der Waals surface area contributed by atoms with Crippen molar-refractivity contribution in [2.45, 2.75) is 13.3 Å². The molecule has 26 heavy (non-hydrogen) atoms. The summed E-state index contributed by atoms with van der Waals surface area (Å²) >= 11 is 0. The van der Waals surface area contributed by atoms with E-state index in [-0.39, 0.29) is 29.9 Å². The van der Waals surface area contributed by atoms with Crippen molar-refractivity contribution in [1.29, 1.82) is 0 Å². The molecule has 138 valence electrons. The molecule has 0 aliphatic rings. The minimum absolute atomic E-state index is 0. The zero-order valence-electron chi connectivity index (χ0n) is 14.6. The third kappa shape index (κ3) is 4.23. The number of fused-ring (bicyclic) bond motifs is 1. The zero-order valence-corrected chi connectivity index (χ0v) is 15.4. The lowest BCUT2D eigenvalue weighted by atomic mass is 10.1. The van der Waals surface area contributed by atoms with E-state index in [1.165, 1.54) is 12.1 Å². The summed E-state index contributed by atoms with van der Waals surface area (Å²) in [6.07, 6.45) is 0.737. The fraction of sp³-hybridized carbons (Fsp3) is 0.250. The SMILES string of the molecule is Cc1c(C(=O)N(CCN)CCc2ccccc2)oc2ccc(F)cc12.Cl. The van der Waals surface area contributed by atoms with Crippen molar-refractivity contribution in [1.82, 2.24) is 4.90 Å². The molecule has 4 nitrogen and oxygen atoms in total. The van der Waals surface area contributed by atoms with E-state index in [0.717, 1.165) is 12.0 Å². The fourth-order valence-corrected chi connectivity index (χ4v) is 2.92. The topological polar surface area (TPSA) is 59.5 Å². The predicted molar refractivity (Wildman–Crippen MR) is 103 cm³/mol. The molecule has 2 N–H and O–H groups in total. The Morgan fingerprint density at radius 2 is 1.88 bits per heavy atom. The number of carbonyl (C=O) groups is 1. The molecule has 1 amide bonds. The van der Waals surface area contributed by atoms with Crippen LogP contribution in [0, 0.1) is 12.7 Å². The van der Waals surface area contributed by atoms with E-state index in [0.29, 0.717) is 36.2 Å². The van der Waals surface area contributed by atoms with Crippen LogP contribution in [-0.4, -0.2) is 30.4 Å². The molecule has 0 saturated carbocycles. The monoisotopic (exact) mass is 376 g/mol. The number of carbonyl (C=O) groups excluding carboxylic acids is 1. The van der Waals surface area contributed by atoms with Crippen LogP contribution in [0.15, 0.2) is 52.9 Å². The molecule has 0 aliphatic carbocycles. The van der Waals surface area contributed by atoms with Crippen LogP contribution in [-0.2, 0) is 6.42 Å². The molecule has 3 aromatic rings. The first-order valence-electron chi connectivity index (χ1n) is 8.32. The summed E-state index contributed by atoms with van der Waals surface area (Å²) in [5.41, 5.74) is 7.99. The highest BCUT2D eigenvalue weighted by molar-refractivity contribution is 5.99. The summed E-state index contributed by atoms with van der Waals surface area (Å²) < 4.78 is 19.2. The molecule has 0 bridgehead atoms. The van der Waals surface area contributed by atoms with Crippen LogP contribution in [0.25, 0.3) is 11.0 Å². The molecule has 3 rings (SSSR count). The van der Waals surface area contributed by atoms with Gasteiger partial charge in [0.25, 0.3) is 5.91 Å². The second-order valence-electron chi connectivity index (χ2n) is 6.01. The maximum atomic E-state index is 13.5. The van der Waals surface area contributed by atoms with Gasteiger partial charge < -0.3 is 15.1 Å². The van der Waals surface area contributed by atoms with Crippen molar-refractivity contribution in [2.75, 3.05) is 19.6 Å². The van der Waals surface area contributed by atoms with E-state index >= 15 is 0 Å². The van der Waals surface area contributed by atoms with Crippen molar-refractivity contribution in [3.63, 3.8) is 0 Å². The highest BCUT2D eigenvalue weighted by Crippen LogP contribution is 2.27. The standard InChI is InChI=1S/C20H21FN2O2.ClH/c1-14-17-13-16(21)7-8-18(17)25-19(14)20(24)23(12-10-22)11-9-15-5-3-2-4-6-15;/h2-8,13H,9-12,22H2,1H3;1H. The lowest BCUT2D eigenvalue weighted by Gasteiger charge is -2.21. The Morgan fingerprint density at radius 3 is 2.58 bits per heavy atom. The zero-order chi connectivity index (χ0) is 17.8. The van der Waals surface area contributed by atoms with Gasteiger partial charge in [-0.3, -0.25) is 4.79 Å². The molecule has 2 aromatic carbocycles. The van der Waals surface area contributed by atoms with Crippen LogP contribution in [0.5, 0.6) is 0 Å². The lowest BCUT2D eigenvalue weighted by molar-refractivity contribution is 0.0731. The quantitative estimate of drug-likeness (QED) is 0.708. The number of benzene rings is 2. The number of nitrogens with zero attached hydrogens (tertiary/aromatic N) is 1. The maximum Gasteiger partial charge on any atom is 0.289 e. The predicted octanol–water partition coefficient (Wildman–Crippen LogP) is 3.95.